The van der Waals surface area contributed by atoms with Crippen molar-refractivity contribution in [1.29, 1.82) is 0 Å². The third-order valence-electron chi connectivity index (χ3n) is 7.27. The van der Waals surface area contributed by atoms with Crippen molar-refractivity contribution in [2.75, 3.05) is 24.6 Å². The van der Waals surface area contributed by atoms with Crippen molar-refractivity contribution in [2.45, 2.75) is 49.2 Å². The largest absolute Gasteiger partial charge is 0.780 e. The SMILES string of the molecule is Nc1nc2c(ncn2[C@@H]2O[C@@H]3COP([O-])(=S)O[C@H]4[C@@H](F)[C@H](n5cnc6c(N)ncnc65)O[C@@H]4CNS(=O)(=O)O[C@H]3[C@H]2F)c(=O)[nH]1. The molecule has 3 aliphatic rings. The maximum Gasteiger partial charge on any atom is 0.336 e. The Hall–Kier alpha value is -3.32. The van der Waals surface area contributed by atoms with Crippen molar-refractivity contribution in [3.05, 3.63) is 29.3 Å². The fourth-order valence-corrected chi connectivity index (χ4v) is 7.65. The van der Waals surface area contributed by atoms with E-state index in [4.69, 9.17) is 46.0 Å². The number of hydrogen-bond donors (Lipinski definition) is 4. The van der Waals surface area contributed by atoms with E-state index in [2.05, 4.69) is 34.6 Å². The Balaban J connectivity index is 1.17. The molecule has 1 unspecified atom stereocenters. The van der Waals surface area contributed by atoms with Crippen LogP contribution in [0.4, 0.5) is 20.5 Å². The molecule has 20 nitrogen and oxygen atoms in total. The van der Waals surface area contributed by atoms with Gasteiger partial charge >= 0.3 is 10.3 Å². The van der Waals surface area contributed by atoms with Crippen molar-refractivity contribution >= 4 is 62.9 Å². The Morgan fingerprint density at radius 1 is 1.00 bits per heavy atom. The van der Waals surface area contributed by atoms with E-state index in [0.717, 1.165) is 17.2 Å². The Morgan fingerprint density at radius 3 is 2.42 bits per heavy atom. The summed E-state index contributed by atoms with van der Waals surface area (Å²) < 4.78 is 89.2. The van der Waals surface area contributed by atoms with E-state index in [0.29, 0.717) is 0 Å². The van der Waals surface area contributed by atoms with Crippen LogP contribution in [0.2, 0.25) is 0 Å². The first-order valence-electron chi connectivity index (χ1n) is 12.9. The number of rotatable bonds is 2. The fourth-order valence-electron chi connectivity index (χ4n) is 5.27. The second-order valence-electron chi connectivity index (χ2n) is 10.1. The summed E-state index contributed by atoms with van der Waals surface area (Å²) in [6, 6.07) is 0. The van der Waals surface area contributed by atoms with Gasteiger partial charge in [-0.05, 0) is 0 Å². The normalized spacial score (nSPS) is 35.5. The van der Waals surface area contributed by atoms with Gasteiger partial charge < -0.3 is 34.9 Å². The average Bonchev–Trinajstić information content (AvgIpc) is 3.72. The number of H-pyrrole nitrogens is 1. The number of aromatic amines is 1. The zero-order valence-corrected chi connectivity index (χ0v) is 24.8. The highest BCUT2D eigenvalue weighted by molar-refractivity contribution is 8.06. The topological polar surface area (TPSA) is 275 Å². The number of nitrogen functional groups attached to an aromatic ring is 2. The van der Waals surface area contributed by atoms with Gasteiger partial charge in [0.2, 0.25) is 5.95 Å². The molecule has 242 valence electrons. The summed E-state index contributed by atoms with van der Waals surface area (Å²) in [5.74, 6) is -0.288. The first kappa shape index (κ1) is 30.3. The smallest absolute Gasteiger partial charge is 0.336 e. The second-order valence-corrected chi connectivity index (χ2v) is 14.1. The molecule has 3 aliphatic heterocycles. The molecule has 25 heteroatoms. The third-order valence-corrected chi connectivity index (χ3v) is 9.80. The first-order chi connectivity index (χ1) is 21.3. The number of hydrogen-bond acceptors (Lipinski definition) is 17. The van der Waals surface area contributed by atoms with Crippen LogP contribution >= 0.6 is 6.72 Å². The van der Waals surface area contributed by atoms with Gasteiger partial charge in [0.05, 0.1) is 19.3 Å². The van der Waals surface area contributed by atoms with Crippen molar-refractivity contribution in [1.82, 2.24) is 43.8 Å². The van der Waals surface area contributed by atoms with E-state index in [1.54, 1.807) is 0 Å². The summed E-state index contributed by atoms with van der Waals surface area (Å²) in [7, 11) is -4.79. The number of aromatic nitrogens is 8. The lowest BCUT2D eigenvalue weighted by molar-refractivity contribution is -0.216. The first-order valence-corrected chi connectivity index (χ1v) is 16.8. The summed E-state index contributed by atoms with van der Waals surface area (Å²) in [4.78, 5) is 47.4. The molecule has 0 aromatic carbocycles. The highest BCUT2D eigenvalue weighted by atomic mass is 32.5. The molecular weight excluding hydrogens is 671 g/mol. The van der Waals surface area contributed by atoms with Gasteiger partial charge in [0.25, 0.3) is 5.56 Å². The monoisotopic (exact) mass is 692 g/mol. The zero-order chi connectivity index (χ0) is 31.8. The molecule has 7 heterocycles. The Morgan fingerprint density at radius 2 is 1.67 bits per heavy atom. The van der Waals surface area contributed by atoms with Gasteiger partial charge in [-0.25, -0.2) is 32.9 Å². The number of nitrogens with one attached hydrogen (secondary N) is 2. The molecule has 0 amide bonds. The molecule has 3 fully saturated rings. The predicted molar refractivity (Wildman–Crippen MR) is 147 cm³/mol. The molecule has 0 aliphatic carbocycles. The molecule has 7 rings (SSSR count). The summed E-state index contributed by atoms with van der Waals surface area (Å²) in [6.07, 6.45) is -10.8. The number of nitrogens with two attached hydrogens (primary N) is 2. The maximum atomic E-state index is 15.9. The third kappa shape index (κ3) is 5.35. The predicted octanol–water partition coefficient (Wildman–Crippen LogP) is -2.19. The second kappa shape index (κ2) is 10.9. The van der Waals surface area contributed by atoms with E-state index in [1.165, 1.54) is 10.9 Å². The standard InChI is InChI=1S/C20H22F2N11O9PS2/c21-8-12-6(39-18(8)32-4-27-10-14(23)25-3-26-15(10)32)1-29-45(36,37)42-13-7(2-38-43(35,44)41-12)40-19(9(13)22)33-5-28-11-16(33)30-20(24)31-17(11)34/h3-9,12-13,18-19,29H,1-2H2,(H,35,44)(H2,23,25,26)(H3,24,30,31,34)/p-1/t6-,7-,8-,9-,12-,13-,18-,19-,43?/m1/s1. The lowest BCUT2D eigenvalue weighted by Crippen LogP contribution is -2.45. The Labute approximate surface area is 254 Å². The fraction of sp³-hybridized carbons (Fsp3) is 0.500. The lowest BCUT2D eigenvalue weighted by Gasteiger charge is -2.34. The Bertz CT molecular complexity index is 2010. The van der Waals surface area contributed by atoms with E-state index in [1.807, 2.05) is 0 Å². The number of anilines is 2. The van der Waals surface area contributed by atoms with Crippen molar-refractivity contribution in [3.63, 3.8) is 0 Å². The van der Waals surface area contributed by atoms with Crippen molar-refractivity contribution < 1.29 is 44.8 Å². The van der Waals surface area contributed by atoms with Crippen LogP contribution in [0.5, 0.6) is 0 Å². The molecule has 9 atom stereocenters. The molecule has 4 aromatic rings. The van der Waals surface area contributed by atoms with Gasteiger partial charge in [-0.2, -0.15) is 18.1 Å². The summed E-state index contributed by atoms with van der Waals surface area (Å²) in [5, 5.41) is 0. The molecular formula is C20H21F2N11O9PS2-. The molecule has 4 aromatic heterocycles. The van der Waals surface area contributed by atoms with Crippen LogP contribution in [0, 0.1) is 0 Å². The van der Waals surface area contributed by atoms with Gasteiger partial charge in [-0.15, -0.1) is 0 Å². The van der Waals surface area contributed by atoms with E-state index in [9.17, 15) is 18.1 Å². The van der Waals surface area contributed by atoms with Crippen molar-refractivity contribution in [2.24, 2.45) is 0 Å². The molecule has 0 radical (unpaired) electrons. The van der Waals surface area contributed by atoms with Gasteiger partial charge in [-0.1, -0.05) is 11.8 Å². The van der Waals surface area contributed by atoms with Gasteiger partial charge in [0.1, 0.15) is 43.0 Å². The van der Waals surface area contributed by atoms with Crippen LogP contribution in [0.25, 0.3) is 22.3 Å². The van der Waals surface area contributed by atoms with Gasteiger partial charge in [-0.3, -0.25) is 18.9 Å². The summed E-state index contributed by atoms with van der Waals surface area (Å²) in [6.45, 7) is -6.09. The van der Waals surface area contributed by atoms with Crippen LogP contribution in [0.1, 0.15) is 12.5 Å². The van der Waals surface area contributed by atoms with E-state index in [-0.39, 0.29) is 34.1 Å². The summed E-state index contributed by atoms with van der Waals surface area (Å²) >= 11 is 5.00. The highest BCUT2D eigenvalue weighted by Crippen LogP contribution is 2.48. The maximum absolute atomic E-state index is 15.9. The molecule has 0 bridgehead atoms. The Kier molecular flexibility index (Phi) is 7.34. The minimum atomic E-state index is -4.79. The number of alkyl halides is 2. The number of nitrogens with zero attached hydrogens (tertiary/aromatic N) is 7. The molecule has 45 heavy (non-hydrogen) atoms. The number of fused-ring (bicyclic) bond motifs is 4. The number of imidazole rings is 2. The summed E-state index contributed by atoms with van der Waals surface area (Å²) in [5.41, 5.74) is 10.6. The van der Waals surface area contributed by atoms with Crippen LogP contribution < -0.4 is 26.6 Å². The zero-order valence-electron chi connectivity index (χ0n) is 22.2. The van der Waals surface area contributed by atoms with Crippen LogP contribution in [-0.4, -0.2) is 97.4 Å². The molecule has 3 saturated heterocycles. The van der Waals surface area contributed by atoms with E-state index >= 15 is 8.78 Å². The van der Waals surface area contributed by atoms with Gasteiger partial charge in [0.15, 0.2) is 47.4 Å². The number of halogens is 2. The quantitative estimate of drug-likeness (QED) is 0.162. The number of ether oxygens (including phenoxy) is 2. The molecule has 6 N–H and O–H groups in total. The average molecular weight is 693 g/mol. The molecule has 0 spiro atoms. The van der Waals surface area contributed by atoms with Crippen LogP contribution in [-0.2, 0) is 44.8 Å². The van der Waals surface area contributed by atoms with E-state index < -0.39 is 84.9 Å². The lowest BCUT2D eigenvalue weighted by atomic mass is 10.1. The molecule has 0 saturated carbocycles. The minimum absolute atomic E-state index is 0.0136. The highest BCUT2D eigenvalue weighted by Gasteiger charge is 2.52. The van der Waals surface area contributed by atoms with Gasteiger partial charge in [0, 0.05) is 6.54 Å². The minimum Gasteiger partial charge on any atom is -0.780 e. The van der Waals surface area contributed by atoms with Crippen molar-refractivity contribution in [3.8, 4) is 0 Å². The van der Waals surface area contributed by atoms with Crippen LogP contribution in [0.15, 0.2) is 23.8 Å². The van der Waals surface area contributed by atoms with Crippen LogP contribution in [0.3, 0.4) is 0 Å².